The van der Waals surface area contributed by atoms with Gasteiger partial charge in [-0.1, -0.05) is 30.3 Å². The van der Waals surface area contributed by atoms with Gasteiger partial charge in [0.1, 0.15) is 0 Å². The lowest BCUT2D eigenvalue weighted by Gasteiger charge is -2.06. The summed E-state index contributed by atoms with van der Waals surface area (Å²) in [4.78, 5) is 18.5. The first-order chi connectivity index (χ1) is 8.79. The molecule has 0 saturated carbocycles. The molecule has 0 aliphatic heterocycles. The molecule has 0 atom stereocenters. The largest absolute Gasteiger partial charge is 0.383 e. The highest BCUT2D eigenvalue weighted by Gasteiger charge is 2.02. The number of nitrogens with zero attached hydrogens (tertiary/aromatic N) is 1. The van der Waals surface area contributed by atoms with E-state index < -0.39 is 0 Å². The highest BCUT2D eigenvalue weighted by atomic mass is 16.5. The van der Waals surface area contributed by atoms with Crippen LogP contribution in [-0.4, -0.2) is 30.2 Å². The predicted octanol–water partition coefficient (Wildman–Crippen LogP) is 1.50. The second-order valence-corrected chi connectivity index (χ2v) is 3.76. The quantitative estimate of drug-likeness (QED) is 0.783. The van der Waals surface area contributed by atoms with Gasteiger partial charge in [-0.25, -0.2) is 4.98 Å². The van der Waals surface area contributed by atoms with Crippen LogP contribution in [-0.2, 0) is 4.74 Å². The van der Waals surface area contributed by atoms with Crippen molar-refractivity contribution in [2.75, 3.05) is 25.6 Å². The SMILES string of the molecule is COCCNc1nc(-c2ccccc2)cc(=O)[nH]1. The topological polar surface area (TPSA) is 67.0 Å². The van der Waals surface area contributed by atoms with Gasteiger partial charge in [-0.3, -0.25) is 9.78 Å². The molecule has 0 unspecified atom stereocenters. The molecule has 1 heterocycles. The van der Waals surface area contributed by atoms with Gasteiger partial charge in [-0.15, -0.1) is 0 Å². The van der Waals surface area contributed by atoms with E-state index in [9.17, 15) is 4.79 Å². The summed E-state index contributed by atoms with van der Waals surface area (Å²) in [5.74, 6) is 0.457. The van der Waals surface area contributed by atoms with Crippen LogP contribution in [0.4, 0.5) is 5.95 Å². The zero-order valence-corrected chi connectivity index (χ0v) is 10.1. The number of aromatic nitrogens is 2. The fourth-order valence-corrected chi connectivity index (χ4v) is 1.57. The van der Waals surface area contributed by atoms with Gasteiger partial charge in [0.05, 0.1) is 12.3 Å². The lowest BCUT2D eigenvalue weighted by Crippen LogP contribution is -2.15. The average molecular weight is 245 g/mol. The van der Waals surface area contributed by atoms with E-state index in [0.29, 0.717) is 24.8 Å². The number of nitrogens with one attached hydrogen (secondary N) is 2. The molecule has 2 N–H and O–H groups in total. The molecule has 5 nitrogen and oxygen atoms in total. The molecule has 18 heavy (non-hydrogen) atoms. The molecule has 2 rings (SSSR count). The highest BCUT2D eigenvalue weighted by Crippen LogP contribution is 2.15. The van der Waals surface area contributed by atoms with E-state index in [1.165, 1.54) is 6.07 Å². The molecule has 0 aliphatic carbocycles. The normalized spacial score (nSPS) is 10.3. The van der Waals surface area contributed by atoms with Crippen LogP contribution in [0.5, 0.6) is 0 Å². The summed E-state index contributed by atoms with van der Waals surface area (Å²) in [6.07, 6.45) is 0. The van der Waals surface area contributed by atoms with Gasteiger partial charge in [0.25, 0.3) is 5.56 Å². The van der Waals surface area contributed by atoms with Crippen molar-refractivity contribution in [1.82, 2.24) is 9.97 Å². The van der Waals surface area contributed by atoms with Crippen LogP contribution < -0.4 is 10.9 Å². The zero-order valence-electron chi connectivity index (χ0n) is 10.1. The van der Waals surface area contributed by atoms with Crippen LogP contribution in [0.25, 0.3) is 11.3 Å². The summed E-state index contributed by atoms with van der Waals surface area (Å²) in [5.41, 5.74) is 1.39. The van der Waals surface area contributed by atoms with Crippen molar-refractivity contribution in [3.63, 3.8) is 0 Å². The third kappa shape index (κ3) is 3.18. The molecule has 0 fully saturated rings. The van der Waals surface area contributed by atoms with E-state index in [0.717, 1.165) is 5.56 Å². The molecule has 0 spiro atoms. The second kappa shape index (κ2) is 5.97. The lowest BCUT2D eigenvalue weighted by atomic mass is 10.1. The molecule has 1 aromatic carbocycles. The Morgan fingerprint density at radius 3 is 2.83 bits per heavy atom. The van der Waals surface area contributed by atoms with Gasteiger partial charge in [0.2, 0.25) is 5.95 Å². The monoisotopic (exact) mass is 245 g/mol. The van der Waals surface area contributed by atoms with Crippen LogP contribution in [0, 0.1) is 0 Å². The van der Waals surface area contributed by atoms with Crippen LogP contribution in [0.2, 0.25) is 0 Å². The summed E-state index contributed by atoms with van der Waals surface area (Å²) < 4.78 is 4.93. The molecule has 0 radical (unpaired) electrons. The van der Waals surface area contributed by atoms with Gasteiger partial charge in [-0.2, -0.15) is 0 Å². The molecule has 94 valence electrons. The Morgan fingerprint density at radius 2 is 2.11 bits per heavy atom. The first-order valence-corrected chi connectivity index (χ1v) is 5.69. The predicted molar refractivity (Wildman–Crippen MR) is 70.7 cm³/mol. The standard InChI is InChI=1S/C13H15N3O2/c1-18-8-7-14-13-15-11(9-12(17)16-13)10-5-3-2-4-6-10/h2-6,9H,7-8H2,1H3,(H2,14,15,16,17). The van der Waals surface area contributed by atoms with Gasteiger partial charge < -0.3 is 10.1 Å². The van der Waals surface area contributed by atoms with Crippen molar-refractivity contribution < 1.29 is 4.74 Å². The number of hydrogen-bond acceptors (Lipinski definition) is 4. The number of hydrogen-bond donors (Lipinski definition) is 2. The van der Waals surface area contributed by atoms with Gasteiger partial charge in [0, 0.05) is 25.3 Å². The van der Waals surface area contributed by atoms with Gasteiger partial charge in [-0.05, 0) is 0 Å². The summed E-state index contributed by atoms with van der Waals surface area (Å²) in [5, 5.41) is 3.00. The fourth-order valence-electron chi connectivity index (χ4n) is 1.57. The van der Waals surface area contributed by atoms with Crippen molar-refractivity contribution in [1.29, 1.82) is 0 Å². The highest BCUT2D eigenvalue weighted by molar-refractivity contribution is 5.59. The lowest BCUT2D eigenvalue weighted by molar-refractivity contribution is 0.210. The smallest absolute Gasteiger partial charge is 0.252 e. The number of benzene rings is 1. The third-order valence-corrected chi connectivity index (χ3v) is 2.41. The Labute approximate surface area is 105 Å². The van der Waals surface area contributed by atoms with Crippen molar-refractivity contribution in [2.24, 2.45) is 0 Å². The Morgan fingerprint density at radius 1 is 1.33 bits per heavy atom. The number of aromatic amines is 1. The average Bonchev–Trinajstić information content (AvgIpc) is 2.39. The Hall–Kier alpha value is -2.14. The van der Waals surface area contributed by atoms with Crippen LogP contribution >= 0.6 is 0 Å². The maximum absolute atomic E-state index is 11.6. The minimum absolute atomic E-state index is 0.177. The van der Waals surface area contributed by atoms with E-state index >= 15 is 0 Å². The molecule has 0 bridgehead atoms. The molecule has 2 aromatic rings. The molecule has 0 amide bonds. The van der Waals surface area contributed by atoms with Crippen LogP contribution in [0.15, 0.2) is 41.2 Å². The molecule has 0 saturated heterocycles. The molecule has 1 aromatic heterocycles. The minimum Gasteiger partial charge on any atom is -0.383 e. The van der Waals surface area contributed by atoms with E-state index in [-0.39, 0.29) is 5.56 Å². The minimum atomic E-state index is -0.177. The summed E-state index contributed by atoms with van der Waals surface area (Å²) in [7, 11) is 1.62. The summed E-state index contributed by atoms with van der Waals surface area (Å²) >= 11 is 0. The zero-order chi connectivity index (χ0) is 12.8. The van der Waals surface area contributed by atoms with Gasteiger partial charge in [0.15, 0.2) is 0 Å². The maximum atomic E-state index is 11.6. The van der Waals surface area contributed by atoms with Crippen LogP contribution in [0.1, 0.15) is 0 Å². The number of H-pyrrole nitrogens is 1. The molecule has 0 aliphatic rings. The van der Waals surface area contributed by atoms with Crippen molar-refractivity contribution in [3.05, 3.63) is 46.8 Å². The third-order valence-electron chi connectivity index (χ3n) is 2.41. The fraction of sp³-hybridized carbons (Fsp3) is 0.231. The van der Waals surface area contributed by atoms with Crippen molar-refractivity contribution in [2.45, 2.75) is 0 Å². The summed E-state index contributed by atoms with van der Waals surface area (Å²) in [6, 6.07) is 11.1. The van der Waals surface area contributed by atoms with Crippen LogP contribution in [0.3, 0.4) is 0 Å². The molecular formula is C13H15N3O2. The first kappa shape index (κ1) is 12.3. The number of ether oxygens (including phenoxy) is 1. The van der Waals surface area contributed by atoms with E-state index in [1.54, 1.807) is 7.11 Å². The Balaban J connectivity index is 2.24. The van der Waals surface area contributed by atoms with Crippen molar-refractivity contribution in [3.8, 4) is 11.3 Å². The summed E-state index contributed by atoms with van der Waals surface area (Å²) in [6.45, 7) is 1.15. The van der Waals surface area contributed by atoms with E-state index in [1.807, 2.05) is 30.3 Å². The number of methoxy groups -OCH3 is 1. The molecular weight excluding hydrogens is 230 g/mol. The number of anilines is 1. The van der Waals surface area contributed by atoms with Gasteiger partial charge >= 0.3 is 0 Å². The Bertz CT molecular complexity index is 552. The molecule has 5 heteroatoms. The second-order valence-electron chi connectivity index (χ2n) is 3.76. The van der Waals surface area contributed by atoms with Crippen molar-refractivity contribution >= 4 is 5.95 Å². The first-order valence-electron chi connectivity index (χ1n) is 5.69. The number of rotatable bonds is 5. The van der Waals surface area contributed by atoms with E-state index in [2.05, 4.69) is 15.3 Å². The Kier molecular flexibility index (Phi) is 4.09. The maximum Gasteiger partial charge on any atom is 0.252 e. The van der Waals surface area contributed by atoms with E-state index in [4.69, 9.17) is 4.74 Å².